The molecule has 2 atom stereocenters. The Labute approximate surface area is 140 Å². The van der Waals surface area contributed by atoms with Gasteiger partial charge in [-0.3, -0.25) is 14.4 Å². The SMILES string of the molecule is CCCC1(C(=O)NC(CCC(=O)O)C(=O)O)CCCN1C(=O)CN. The third-order valence-electron chi connectivity index (χ3n) is 4.30. The topological polar surface area (TPSA) is 150 Å². The second-order valence-corrected chi connectivity index (χ2v) is 5.93. The quantitative estimate of drug-likeness (QED) is 0.442. The molecule has 9 heteroatoms. The maximum atomic E-state index is 12.8. The van der Waals surface area contributed by atoms with Gasteiger partial charge in [-0.2, -0.15) is 0 Å². The Hall–Kier alpha value is -2.16. The van der Waals surface area contributed by atoms with Crippen LogP contribution in [0.4, 0.5) is 0 Å². The molecular weight excluding hydrogens is 318 g/mol. The van der Waals surface area contributed by atoms with Gasteiger partial charge in [-0.15, -0.1) is 0 Å². The maximum Gasteiger partial charge on any atom is 0.326 e. The molecule has 0 spiro atoms. The number of amides is 2. The van der Waals surface area contributed by atoms with E-state index in [1.165, 1.54) is 4.90 Å². The van der Waals surface area contributed by atoms with Crippen molar-refractivity contribution >= 4 is 23.8 Å². The molecule has 0 bridgehead atoms. The van der Waals surface area contributed by atoms with Crippen molar-refractivity contribution in [3.63, 3.8) is 0 Å². The summed E-state index contributed by atoms with van der Waals surface area (Å²) in [7, 11) is 0. The van der Waals surface area contributed by atoms with Crippen LogP contribution in [-0.4, -0.2) is 63.5 Å². The molecule has 0 aromatic carbocycles. The lowest BCUT2D eigenvalue weighted by Gasteiger charge is -2.37. The monoisotopic (exact) mass is 343 g/mol. The summed E-state index contributed by atoms with van der Waals surface area (Å²) >= 11 is 0. The van der Waals surface area contributed by atoms with E-state index in [0.717, 1.165) is 0 Å². The van der Waals surface area contributed by atoms with Gasteiger partial charge in [0.25, 0.3) is 0 Å². The van der Waals surface area contributed by atoms with Gasteiger partial charge in [0.2, 0.25) is 11.8 Å². The Balaban J connectivity index is 2.97. The number of carbonyl (C=O) groups excluding carboxylic acids is 2. The molecule has 1 fully saturated rings. The summed E-state index contributed by atoms with van der Waals surface area (Å²) in [5.74, 6) is -3.35. The molecule has 1 rings (SSSR count). The van der Waals surface area contributed by atoms with Crippen LogP contribution in [-0.2, 0) is 19.2 Å². The van der Waals surface area contributed by atoms with E-state index in [2.05, 4.69) is 5.32 Å². The van der Waals surface area contributed by atoms with Crippen LogP contribution in [0.1, 0.15) is 45.4 Å². The highest BCUT2D eigenvalue weighted by atomic mass is 16.4. The number of carboxylic acid groups (broad SMARTS) is 2. The number of rotatable bonds is 9. The molecule has 1 aliphatic heterocycles. The lowest BCUT2D eigenvalue weighted by molar-refractivity contribution is -0.148. The highest BCUT2D eigenvalue weighted by molar-refractivity contribution is 5.94. The number of nitrogens with one attached hydrogen (secondary N) is 1. The molecule has 1 heterocycles. The first kappa shape index (κ1) is 19.9. The van der Waals surface area contributed by atoms with Crippen LogP contribution in [0, 0.1) is 0 Å². The molecule has 24 heavy (non-hydrogen) atoms. The van der Waals surface area contributed by atoms with Crippen LogP contribution in [0.2, 0.25) is 0 Å². The Bertz CT molecular complexity index is 509. The van der Waals surface area contributed by atoms with Crippen molar-refractivity contribution in [1.82, 2.24) is 10.2 Å². The molecule has 0 radical (unpaired) electrons. The van der Waals surface area contributed by atoms with E-state index in [4.69, 9.17) is 10.8 Å². The molecule has 2 unspecified atom stereocenters. The largest absolute Gasteiger partial charge is 0.481 e. The normalized spacial score (nSPS) is 21.3. The third-order valence-corrected chi connectivity index (χ3v) is 4.30. The van der Waals surface area contributed by atoms with E-state index in [-0.39, 0.29) is 25.3 Å². The summed E-state index contributed by atoms with van der Waals surface area (Å²) < 4.78 is 0. The zero-order chi connectivity index (χ0) is 18.3. The van der Waals surface area contributed by atoms with Crippen LogP contribution in [0.3, 0.4) is 0 Å². The van der Waals surface area contributed by atoms with Gasteiger partial charge in [-0.25, -0.2) is 4.79 Å². The van der Waals surface area contributed by atoms with Gasteiger partial charge in [-0.1, -0.05) is 13.3 Å². The predicted octanol–water partition coefficient (Wildman–Crippen LogP) is -0.459. The first-order chi connectivity index (χ1) is 11.3. The van der Waals surface area contributed by atoms with Crippen molar-refractivity contribution in [2.24, 2.45) is 5.73 Å². The van der Waals surface area contributed by atoms with Crippen molar-refractivity contribution in [3.8, 4) is 0 Å². The zero-order valence-electron chi connectivity index (χ0n) is 13.8. The van der Waals surface area contributed by atoms with Crippen LogP contribution in [0.15, 0.2) is 0 Å². The molecular formula is C15H25N3O6. The molecule has 5 N–H and O–H groups in total. The first-order valence-corrected chi connectivity index (χ1v) is 8.04. The number of nitrogens with two attached hydrogens (primary N) is 1. The van der Waals surface area contributed by atoms with Gasteiger partial charge in [-0.05, 0) is 25.7 Å². The molecule has 0 aromatic rings. The van der Waals surface area contributed by atoms with Gasteiger partial charge in [0, 0.05) is 13.0 Å². The summed E-state index contributed by atoms with van der Waals surface area (Å²) in [6.07, 6.45) is 1.51. The Kier molecular flexibility index (Phi) is 7.15. The Morgan fingerprint density at radius 1 is 1.29 bits per heavy atom. The van der Waals surface area contributed by atoms with Crippen molar-refractivity contribution in [3.05, 3.63) is 0 Å². The molecule has 1 aliphatic rings. The summed E-state index contributed by atoms with van der Waals surface area (Å²) in [6, 6.07) is -1.31. The molecule has 9 nitrogen and oxygen atoms in total. The number of nitrogens with zero attached hydrogens (tertiary/aromatic N) is 1. The standard InChI is InChI=1S/C15H25N3O6/c1-2-6-15(7-3-8-18(15)11(19)9-16)14(24)17-10(13(22)23)4-5-12(20)21/h10H,2-9,16H2,1H3,(H,17,24)(H,20,21)(H,22,23). The lowest BCUT2D eigenvalue weighted by atomic mass is 9.88. The molecule has 2 amide bonds. The Morgan fingerprint density at radius 2 is 1.96 bits per heavy atom. The summed E-state index contributed by atoms with van der Waals surface area (Å²) in [4.78, 5) is 48.2. The van der Waals surface area contributed by atoms with Gasteiger partial charge in [0.1, 0.15) is 11.6 Å². The van der Waals surface area contributed by atoms with E-state index in [9.17, 15) is 24.3 Å². The fourth-order valence-electron chi connectivity index (χ4n) is 3.19. The molecule has 0 aromatic heterocycles. The van der Waals surface area contributed by atoms with Crippen LogP contribution >= 0.6 is 0 Å². The number of carbonyl (C=O) groups is 4. The highest BCUT2D eigenvalue weighted by Gasteiger charge is 2.49. The van der Waals surface area contributed by atoms with Gasteiger partial charge < -0.3 is 26.2 Å². The van der Waals surface area contributed by atoms with Crippen LogP contribution in [0.5, 0.6) is 0 Å². The average molecular weight is 343 g/mol. The van der Waals surface area contributed by atoms with Crippen molar-refractivity contribution in [2.75, 3.05) is 13.1 Å². The minimum Gasteiger partial charge on any atom is -0.481 e. The number of hydrogen-bond acceptors (Lipinski definition) is 5. The third kappa shape index (κ3) is 4.44. The van der Waals surface area contributed by atoms with E-state index < -0.39 is 29.4 Å². The highest BCUT2D eigenvalue weighted by Crippen LogP contribution is 2.34. The predicted molar refractivity (Wildman–Crippen MR) is 84.1 cm³/mol. The van der Waals surface area contributed by atoms with E-state index in [1.54, 1.807) is 0 Å². The molecule has 1 saturated heterocycles. The number of hydrogen-bond donors (Lipinski definition) is 4. The number of aliphatic carboxylic acids is 2. The smallest absolute Gasteiger partial charge is 0.326 e. The van der Waals surface area contributed by atoms with Crippen LogP contribution < -0.4 is 11.1 Å². The van der Waals surface area contributed by atoms with Crippen molar-refractivity contribution < 1.29 is 29.4 Å². The minimum atomic E-state index is -1.31. The second kappa shape index (κ2) is 8.62. The molecule has 136 valence electrons. The minimum absolute atomic E-state index is 0.219. The maximum absolute atomic E-state index is 12.8. The summed E-state index contributed by atoms with van der Waals surface area (Å²) in [5.41, 5.74) is 4.31. The number of carboxylic acids is 2. The number of likely N-dealkylation sites (tertiary alicyclic amines) is 1. The summed E-state index contributed by atoms with van der Waals surface area (Å²) in [6.45, 7) is 2.05. The van der Waals surface area contributed by atoms with Crippen molar-refractivity contribution in [2.45, 2.75) is 57.0 Å². The molecule has 0 saturated carbocycles. The van der Waals surface area contributed by atoms with Crippen LogP contribution in [0.25, 0.3) is 0 Å². The second-order valence-electron chi connectivity index (χ2n) is 5.93. The van der Waals surface area contributed by atoms with Gasteiger partial charge in [0.05, 0.1) is 6.54 Å². The van der Waals surface area contributed by atoms with E-state index >= 15 is 0 Å². The summed E-state index contributed by atoms with van der Waals surface area (Å²) in [5, 5.41) is 20.3. The van der Waals surface area contributed by atoms with E-state index in [1.807, 2.05) is 6.92 Å². The fraction of sp³-hybridized carbons (Fsp3) is 0.733. The molecule has 0 aliphatic carbocycles. The van der Waals surface area contributed by atoms with Crippen molar-refractivity contribution in [1.29, 1.82) is 0 Å². The zero-order valence-corrected chi connectivity index (χ0v) is 13.8. The Morgan fingerprint density at radius 3 is 2.46 bits per heavy atom. The van der Waals surface area contributed by atoms with Gasteiger partial charge in [0.15, 0.2) is 0 Å². The average Bonchev–Trinajstić information content (AvgIpc) is 2.95. The fourth-order valence-corrected chi connectivity index (χ4v) is 3.19. The lowest BCUT2D eigenvalue weighted by Crippen LogP contribution is -2.60. The first-order valence-electron chi connectivity index (χ1n) is 8.04. The van der Waals surface area contributed by atoms with E-state index in [0.29, 0.717) is 32.2 Å². The van der Waals surface area contributed by atoms with Gasteiger partial charge >= 0.3 is 11.9 Å².